The molecular formula is C24H27ClN4O. The molecule has 3 aromatic rings. The van der Waals surface area contributed by atoms with Gasteiger partial charge < -0.3 is 9.88 Å². The molecule has 0 aliphatic heterocycles. The molecule has 6 heteroatoms. The summed E-state index contributed by atoms with van der Waals surface area (Å²) in [6.07, 6.45) is 9.86. The van der Waals surface area contributed by atoms with Gasteiger partial charge in [0.05, 0.1) is 12.8 Å². The summed E-state index contributed by atoms with van der Waals surface area (Å²) >= 11 is 6.34. The monoisotopic (exact) mass is 422 g/mol. The van der Waals surface area contributed by atoms with Gasteiger partial charge in [0.2, 0.25) is 0 Å². The van der Waals surface area contributed by atoms with Crippen LogP contribution >= 0.6 is 11.6 Å². The van der Waals surface area contributed by atoms with E-state index >= 15 is 0 Å². The fraction of sp³-hybridized carbons (Fsp3) is 0.333. The molecule has 5 nitrogen and oxygen atoms in total. The predicted molar refractivity (Wildman–Crippen MR) is 123 cm³/mol. The van der Waals surface area contributed by atoms with Crippen molar-refractivity contribution >= 4 is 34.6 Å². The molecule has 0 unspecified atom stereocenters. The van der Waals surface area contributed by atoms with Crippen molar-refractivity contribution in [2.24, 2.45) is 5.10 Å². The van der Waals surface area contributed by atoms with E-state index in [2.05, 4.69) is 32.5 Å². The van der Waals surface area contributed by atoms with Gasteiger partial charge in [-0.2, -0.15) is 5.10 Å². The lowest BCUT2D eigenvalue weighted by molar-refractivity contribution is -0.120. The van der Waals surface area contributed by atoms with Crippen LogP contribution < -0.4 is 10.7 Å². The first-order chi connectivity index (χ1) is 14.7. The van der Waals surface area contributed by atoms with Crippen LogP contribution in [-0.2, 0) is 11.3 Å². The summed E-state index contributed by atoms with van der Waals surface area (Å²) in [5, 5.41) is 9.36. The van der Waals surface area contributed by atoms with E-state index in [-0.39, 0.29) is 5.91 Å². The number of aromatic nitrogens is 1. The minimum absolute atomic E-state index is 0.114. The summed E-state index contributed by atoms with van der Waals surface area (Å²) in [6, 6.07) is 16.5. The molecule has 156 valence electrons. The Bertz CT molecular complexity index is 1040. The summed E-state index contributed by atoms with van der Waals surface area (Å²) in [6.45, 7) is 0.974. The van der Waals surface area contributed by atoms with Crippen LogP contribution in [0.2, 0.25) is 5.02 Å². The maximum Gasteiger partial charge on any atom is 0.254 e. The molecule has 0 spiro atoms. The van der Waals surface area contributed by atoms with Gasteiger partial charge in [-0.1, -0.05) is 67.3 Å². The third-order valence-electron chi connectivity index (χ3n) is 5.67. The van der Waals surface area contributed by atoms with Crippen molar-refractivity contribution in [1.29, 1.82) is 0 Å². The number of fused-ring (bicyclic) bond motifs is 1. The number of hydrazone groups is 1. The van der Waals surface area contributed by atoms with Crippen molar-refractivity contribution in [1.82, 2.24) is 15.3 Å². The topological polar surface area (TPSA) is 58.4 Å². The highest BCUT2D eigenvalue weighted by atomic mass is 35.5. The fourth-order valence-corrected chi connectivity index (χ4v) is 4.27. The van der Waals surface area contributed by atoms with Crippen LogP contribution in [0.4, 0.5) is 0 Å². The second kappa shape index (κ2) is 9.92. The van der Waals surface area contributed by atoms with Crippen LogP contribution in [0.1, 0.15) is 43.2 Å². The summed E-state index contributed by atoms with van der Waals surface area (Å²) < 4.78 is 2.16. The highest BCUT2D eigenvalue weighted by Crippen LogP contribution is 2.23. The van der Waals surface area contributed by atoms with E-state index < -0.39 is 0 Å². The van der Waals surface area contributed by atoms with Gasteiger partial charge >= 0.3 is 0 Å². The van der Waals surface area contributed by atoms with E-state index in [0.29, 0.717) is 19.1 Å². The Morgan fingerprint density at radius 3 is 2.70 bits per heavy atom. The summed E-state index contributed by atoms with van der Waals surface area (Å²) in [5.74, 6) is -0.114. The van der Waals surface area contributed by atoms with E-state index in [1.165, 1.54) is 19.3 Å². The molecule has 0 saturated heterocycles. The number of hydrogen-bond acceptors (Lipinski definition) is 3. The van der Waals surface area contributed by atoms with Crippen LogP contribution in [0.15, 0.2) is 59.8 Å². The van der Waals surface area contributed by atoms with Gasteiger partial charge in [-0.25, -0.2) is 5.43 Å². The molecule has 1 saturated carbocycles. The van der Waals surface area contributed by atoms with Crippen molar-refractivity contribution in [3.05, 3.63) is 70.9 Å². The van der Waals surface area contributed by atoms with Gasteiger partial charge in [-0.05, 0) is 30.5 Å². The Labute approximate surface area is 182 Å². The van der Waals surface area contributed by atoms with E-state index in [1.807, 2.05) is 42.6 Å². The van der Waals surface area contributed by atoms with Crippen molar-refractivity contribution in [3.63, 3.8) is 0 Å². The number of carbonyl (C=O) groups excluding carboxylic acids is 1. The molecule has 1 aliphatic carbocycles. The second-order valence-corrected chi connectivity index (χ2v) is 8.24. The molecule has 1 aliphatic rings. The number of benzene rings is 2. The van der Waals surface area contributed by atoms with E-state index in [1.54, 1.807) is 6.21 Å². The Morgan fingerprint density at radius 2 is 1.87 bits per heavy atom. The first-order valence-electron chi connectivity index (χ1n) is 10.6. The van der Waals surface area contributed by atoms with Crippen molar-refractivity contribution in [2.45, 2.75) is 44.7 Å². The maximum atomic E-state index is 12.1. The van der Waals surface area contributed by atoms with Gasteiger partial charge in [-0.3, -0.25) is 4.79 Å². The summed E-state index contributed by atoms with van der Waals surface area (Å²) in [7, 11) is 0. The molecule has 0 radical (unpaired) electrons. The Balaban J connectivity index is 1.42. The smallest absolute Gasteiger partial charge is 0.254 e. The molecular weight excluding hydrogens is 396 g/mol. The first-order valence-corrected chi connectivity index (χ1v) is 10.9. The number of nitrogens with one attached hydrogen (secondary N) is 2. The molecule has 4 rings (SSSR count). The summed E-state index contributed by atoms with van der Waals surface area (Å²) in [4.78, 5) is 12.1. The lowest BCUT2D eigenvalue weighted by Gasteiger charge is -2.22. The Morgan fingerprint density at radius 1 is 1.10 bits per heavy atom. The average Bonchev–Trinajstić information content (AvgIpc) is 3.12. The number of rotatable bonds is 7. The third-order valence-corrected chi connectivity index (χ3v) is 6.04. The summed E-state index contributed by atoms with van der Waals surface area (Å²) in [5.41, 5.74) is 5.76. The van der Waals surface area contributed by atoms with Gasteiger partial charge in [0, 0.05) is 40.3 Å². The van der Waals surface area contributed by atoms with Gasteiger partial charge in [0.1, 0.15) is 0 Å². The highest BCUT2D eigenvalue weighted by Gasteiger charge is 2.13. The van der Waals surface area contributed by atoms with Crippen molar-refractivity contribution < 1.29 is 4.79 Å². The van der Waals surface area contributed by atoms with Crippen LogP contribution in [0.25, 0.3) is 10.9 Å². The first kappa shape index (κ1) is 20.6. The zero-order valence-electron chi connectivity index (χ0n) is 17.0. The molecule has 1 fully saturated rings. The normalized spacial score (nSPS) is 15.1. The molecule has 1 heterocycles. The van der Waals surface area contributed by atoms with Crippen molar-refractivity contribution in [2.75, 3.05) is 6.54 Å². The minimum atomic E-state index is -0.114. The molecule has 30 heavy (non-hydrogen) atoms. The van der Waals surface area contributed by atoms with E-state index in [9.17, 15) is 4.79 Å². The zero-order chi connectivity index (χ0) is 20.8. The predicted octanol–water partition coefficient (Wildman–Crippen LogP) is 4.72. The quantitative estimate of drug-likeness (QED) is 0.427. The number of halogens is 1. The Kier molecular flexibility index (Phi) is 6.82. The Hall–Kier alpha value is -2.63. The molecule has 1 aromatic heterocycles. The second-order valence-electron chi connectivity index (χ2n) is 7.83. The minimum Gasteiger partial charge on any atom is -0.342 e. The van der Waals surface area contributed by atoms with Crippen LogP contribution in [-0.4, -0.2) is 29.3 Å². The zero-order valence-corrected chi connectivity index (χ0v) is 17.7. The molecule has 2 aromatic carbocycles. The van der Waals surface area contributed by atoms with E-state index in [4.69, 9.17) is 11.6 Å². The van der Waals surface area contributed by atoms with Crippen LogP contribution in [0, 0.1) is 0 Å². The number of para-hydroxylation sites is 1. The lowest BCUT2D eigenvalue weighted by atomic mass is 9.95. The van der Waals surface area contributed by atoms with Gasteiger partial charge in [-0.15, -0.1) is 0 Å². The standard InChI is InChI=1S/C24H27ClN4O/c25-22-12-6-4-8-18(22)16-29-17-19(21-11-5-7-13-23(21)29)14-27-28-24(30)15-26-20-9-2-1-3-10-20/h4-8,11-14,17,20,26H,1-3,9-10,15-16H2,(H,28,30)/b27-14-. The van der Waals surface area contributed by atoms with E-state index in [0.717, 1.165) is 39.9 Å². The van der Waals surface area contributed by atoms with Crippen LogP contribution in [0.3, 0.4) is 0 Å². The SMILES string of the molecule is O=C(CNC1CCCCC1)N/N=C\c1cn(Cc2ccccc2Cl)c2ccccc12. The highest BCUT2D eigenvalue weighted by molar-refractivity contribution is 6.31. The van der Waals surface area contributed by atoms with Crippen molar-refractivity contribution in [3.8, 4) is 0 Å². The average molecular weight is 423 g/mol. The number of amides is 1. The molecule has 0 atom stereocenters. The van der Waals surface area contributed by atoms with Gasteiger partial charge in [0.15, 0.2) is 0 Å². The van der Waals surface area contributed by atoms with Crippen LogP contribution in [0.5, 0.6) is 0 Å². The third kappa shape index (κ3) is 5.10. The number of hydrogen-bond donors (Lipinski definition) is 2. The number of carbonyl (C=O) groups is 1. The van der Waals surface area contributed by atoms with Gasteiger partial charge in [0.25, 0.3) is 5.91 Å². The largest absolute Gasteiger partial charge is 0.342 e. The molecule has 0 bridgehead atoms. The maximum absolute atomic E-state index is 12.1. The molecule has 1 amide bonds. The fourth-order valence-electron chi connectivity index (χ4n) is 4.08. The lowest BCUT2D eigenvalue weighted by Crippen LogP contribution is -2.38. The molecule has 2 N–H and O–H groups in total. The number of nitrogens with zero attached hydrogens (tertiary/aromatic N) is 2.